The predicted molar refractivity (Wildman–Crippen MR) is 75.9 cm³/mol. The van der Waals surface area contributed by atoms with Gasteiger partial charge in [0.2, 0.25) is 0 Å². The van der Waals surface area contributed by atoms with Gasteiger partial charge in [-0.2, -0.15) is 0 Å². The lowest BCUT2D eigenvalue weighted by atomic mass is 10.1. The number of nitrogens with zero attached hydrogens (tertiary/aromatic N) is 1. The summed E-state index contributed by atoms with van der Waals surface area (Å²) in [5.41, 5.74) is 1.05. The van der Waals surface area contributed by atoms with E-state index in [0.29, 0.717) is 12.0 Å². The van der Waals surface area contributed by atoms with Crippen molar-refractivity contribution in [3.05, 3.63) is 66.7 Å². The molecule has 0 radical (unpaired) electrons. The molecule has 6 heteroatoms. The largest absolute Gasteiger partial charge is 0.329 e. The molecule has 2 rings (SSSR count). The number of hydrogen-bond donors (Lipinski definition) is 1. The molecule has 4 nitrogen and oxygen atoms in total. The zero-order valence-electron chi connectivity index (χ0n) is 11.2. The third-order valence-electron chi connectivity index (χ3n) is 3.27. The van der Waals surface area contributed by atoms with Gasteiger partial charge in [0.15, 0.2) is 0 Å². The molecular formula is C14H14ClFN2O2. The SMILES string of the molecule is Cc1cc(F)ccc1CCn1c(=O)[nH]c(Cl)c(C)c1=O. The number of rotatable bonds is 3. The summed E-state index contributed by atoms with van der Waals surface area (Å²) in [6.07, 6.45) is 0.468. The molecule has 0 amide bonds. The van der Waals surface area contributed by atoms with Crippen molar-refractivity contribution in [2.45, 2.75) is 26.8 Å². The molecule has 106 valence electrons. The van der Waals surface area contributed by atoms with Crippen LogP contribution in [0, 0.1) is 19.7 Å². The molecule has 0 bridgehead atoms. The molecular weight excluding hydrogens is 283 g/mol. The van der Waals surface area contributed by atoms with Crippen LogP contribution in [0.1, 0.15) is 16.7 Å². The van der Waals surface area contributed by atoms with Crippen molar-refractivity contribution in [1.29, 1.82) is 0 Å². The molecule has 0 unspecified atom stereocenters. The lowest BCUT2D eigenvalue weighted by Crippen LogP contribution is -2.37. The van der Waals surface area contributed by atoms with Gasteiger partial charge in [0.25, 0.3) is 5.56 Å². The summed E-state index contributed by atoms with van der Waals surface area (Å²) >= 11 is 5.74. The van der Waals surface area contributed by atoms with Gasteiger partial charge >= 0.3 is 5.69 Å². The van der Waals surface area contributed by atoms with E-state index in [1.165, 1.54) is 12.1 Å². The van der Waals surface area contributed by atoms with Crippen LogP contribution in [0.5, 0.6) is 0 Å². The van der Waals surface area contributed by atoms with Gasteiger partial charge in [-0.3, -0.25) is 14.3 Å². The van der Waals surface area contributed by atoms with Gasteiger partial charge < -0.3 is 0 Å². The van der Waals surface area contributed by atoms with E-state index in [-0.39, 0.29) is 17.5 Å². The van der Waals surface area contributed by atoms with E-state index in [1.54, 1.807) is 19.9 Å². The Morgan fingerprint density at radius 1 is 1.30 bits per heavy atom. The molecule has 1 aromatic carbocycles. The smallest absolute Gasteiger partial charge is 0.297 e. The van der Waals surface area contributed by atoms with Crippen LogP contribution in [-0.4, -0.2) is 9.55 Å². The van der Waals surface area contributed by atoms with Gasteiger partial charge in [0, 0.05) is 12.1 Å². The first-order chi connectivity index (χ1) is 9.40. The number of hydrogen-bond acceptors (Lipinski definition) is 2. The molecule has 1 N–H and O–H groups in total. The fourth-order valence-corrected chi connectivity index (χ4v) is 2.18. The first-order valence-corrected chi connectivity index (χ1v) is 6.52. The number of aromatic nitrogens is 2. The molecule has 0 aliphatic carbocycles. The van der Waals surface area contributed by atoms with E-state index in [9.17, 15) is 14.0 Å². The fraction of sp³-hybridized carbons (Fsp3) is 0.286. The van der Waals surface area contributed by atoms with Crippen molar-refractivity contribution in [1.82, 2.24) is 9.55 Å². The summed E-state index contributed by atoms with van der Waals surface area (Å²) in [6, 6.07) is 4.45. The third-order valence-corrected chi connectivity index (χ3v) is 3.64. The molecule has 0 atom stereocenters. The normalized spacial score (nSPS) is 10.8. The molecule has 20 heavy (non-hydrogen) atoms. The van der Waals surface area contributed by atoms with Crippen LogP contribution in [-0.2, 0) is 13.0 Å². The van der Waals surface area contributed by atoms with Crippen molar-refractivity contribution >= 4 is 11.6 Å². The summed E-state index contributed by atoms with van der Waals surface area (Å²) in [7, 11) is 0. The van der Waals surface area contributed by atoms with Crippen LogP contribution >= 0.6 is 11.6 Å². The van der Waals surface area contributed by atoms with Crippen molar-refractivity contribution in [3.8, 4) is 0 Å². The second kappa shape index (κ2) is 5.63. The van der Waals surface area contributed by atoms with Crippen molar-refractivity contribution in [3.63, 3.8) is 0 Å². The minimum Gasteiger partial charge on any atom is -0.297 e. The van der Waals surface area contributed by atoms with Crippen molar-refractivity contribution in [2.24, 2.45) is 0 Å². The molecule has 0 saturated carbocycles. The number of nitrogens with one attached hydrogen (secondary N) is 1. The zero-order valence-corrected chi connectivity index (χ0v) is 11.9. The molecule has 0 fully saturated rings. The average molecular weight is 297 g/mol. The molecule has 1 aromatic heterocycles. The highest BCUT2D eigenvalue weighted by atomic mass is 35.5. The summed E-state index contributed by atoms with van der Waals surface area (Å²) in [6.45, 7) is 3.57. The highest BCUT2D eigenvalue weighted by Crippen LogP contribution is 2.11. The van der Waals surface area contributed by atoms with Crippen LogP contribution in [0.2, 0.25) is 5.15 Å². The minimum absolute atomic E-state index is 0.0641. The van der Waals surface area contributed by atoms with Crippen LogP contribution in [0.3, 0.4) is 0 Å². The number of H-pyrrole nitrogens is 1. The summed E-state index contributed by atoms with van der Waals surface area (Å²) in [5, 5.41) is 0.0641. The van der Waals surface area contributed by atoms with Crippen LogP contribution in [0.25, 0.3) is 0 Å². The van der Waals surface area contributed by atoms with Gasteiger partial charge in [-0.25, -0.2) is 9.18 Å². The van der Waals surface area contributed by atoms with Crippen molar-refractivity contribution < 1.29 is 4.39 Å². The quantitative estimate of drug-likeness (QED) is 0.883. The third kappa shape index (κ3) is 2.82. The van der Waals surface area contributed by atoms with E-state index in [1.807, 2.05) is 0 Å². The maximum absolute atomic E-state index is 13.0. The van der Waals surface area contributed by atoms with Crippen LogP contribution in [0.4, 0.5) is 4.39 Å². The molecule has 2 aromatic rings. The van der Waals surface area contributed by atoms with E-state index in [0.717, 1.165) is 15.7 Å². The second-order valence-electron chi connectivity index (χ2n) is 4.65. The Bertz CT molecular complexity index is 765. The Labute approximate surface area is 119 Å². The molecule has 0 aliphatic heterocycles. The van der Waals surface area contributed by atoms with E-state index >= 15 is 0 Å². The van der Waals surface area contributed by atoms with Gasteiger partial charge in [0.1, 0.15) is 11.0 Å². The van der Waals surface area contributed by atoms with Gasteiger partial charge in [-0.1, -0.05) is 17.7 Å². The Morgan fingerprint density at radius 3 is 2.65 bits per heavy atom. The highest BCUT2D eigenvalue weighted by Gasteiger charge is 2.09. The van der Waals surface area contributed by atoms with E-state index in [2.05, 4.69) is 4.98 Å². The maximum Gasteiger partial charge on any atom is 0.329 e. The van der Waals surface area contributed by atoms with Gasteiger partial charge in [0.05, 0.1) is 0 Å². The number of halogens is 2. The lowest BCUT2D eigenvalue weighted by molar-refractivity contribution is 0.612. The summed E-state index contributed by atoms with van der Waals surface area (Å²) in [5.74, 6) is -0.302. The van der Waals surface area contributed by atoms with Crippen LogP contribution in [0.15, 0.2) is 27.8 Å². The Morgan fingerprint density at radius 2 is 2.00 bits per heavy atom. The predicted octanol–water partition coefficient (Wildman–Crippen LogP) is 2.19. The first kappa shape index (κ1) is 14.5. The number of aryl methyl sites for hydroxylation is 2. The van der Waals surface area contributed by atoms with E-state index < -0.39 is 11.2 Å². The lowest BCUT2D eigenvalue weighted by Gasteiger charge is -2.08. The Kier molecular flexibility index (Phi) is 4.09. The fourth-order valence-electron chi connectivity index (χ4n) is 2.02. The van der Waals surface area contributed by atoms with Gasteiger partial charge in [-0.15, -0.1) is 0 Å². The average Bonchev–Trinajstić information content (AvgIpc) is 2.38. The maximum atomic E-state index is 13.0. The van der Waals surface area contributed by atoms with Crippen LogP contribution < -0.4 is 11.2 Å². The van der Waals surface area contributed by atoms with E-state index in [4.69, 9.17) is 11.6 Å². The molecule has 0 saturated heterocycles. The second-order valence-corrected chi connectivity index (χ2v) is 5.02. The standard InChI is InChI=1S/C14H14ClFN2O2/c1-8-7-11(16)4-3-10(8)5-6-18-13(19)9(2)12(15)17-14(18)20/h3-4,7H,5-6H2,1-2H3,(H,17,20). The monoisotopic (exact) mass is 296 g/mol. The number of aromatic amines is 1. The molecule has 0 aliphatic rings. The van der Waals surface area contributed by atoms with Gasteiger partial charge in [-0.05, 0) is 43.5 Å². The molecule has 0 spiro atoms. The highest BCUT2D eigenvalue weighted by molar-refractivity contribution is 6.30. The Hall–Kier alpha value is -1.88. The zero-order chi connectivity index (χ0) is 14.9. The first-order valence-electron chi connectivity index (χ1n) is 6.14. The Balaban J connectivity index is 2.30. The summed E-state index contributed by atoms with van der Waals surface area (Å²) < 4.78 is 14.1. The summed E-state index contributed by atoms with van der Waals surface area (Å²) in [4.78, 5) is 26.1. The molecule has 1 heterocycles. The van der Waals surface area contributed by atoms with Crippen molar-refractivity contribution in [2.75, 3.05) is 0 Å². The number of benzene rings is 1. The topological polar surface area (TPSA) is 54.9 Å². The minimum atomic E-state index is -0.537.